The van der Waals surface area contributed by atoms with Crippen LogP contribution in [0.2, 0.25) is 0 Å². The van der Waals surface area contributed by atoms with Crippen LogP contribution < -0.4 is 5.32 Å². The molecule has 1 fully saturated rings. The fraction of sp³-hybridized carbons (Fsp3) is 0.333. The fourth-order valence-corrected chi connectivity index (χ4v) is 2.54. The van der Waals surface area contributed by atoms with Gasteiger partial charge in [-0.25, -0.2) is 19.3 Å². The summed E-state index contributed by atoms with van der Waals surface area (Å²) >= 11 is 0. The second-order valence-corrected chi connectivity index (χ2v) is 5.24. The summed E-state index contributed by atoms with van der Waals surface area (Å²) < 4.78 is 13.2. The summed E-state index contributed by atoms with van der Waals surface area (Å²) in [6.45, 7) is 2.99. The van der Waals surface area contributed by atoms with E-state index in [2.05, 4.69) is 20.3 Å². The van der Waals surface area contributed by atoms with E-state index in [1.165, 1.54) is 18.3 Å². The van der Waals surface area contributed by atoms with Crippen LogP contribution in [0.5, 0.6) is 0 Å². The van der Waals surface area contributed by atoms with Gasteiger partial charge in [-0.2, -0.15) is 0 Å². The van der Waals surface area contributed by atoms with Crippen molar-refractivity contribution in [1.82, 2.24) is 19.9 Å². The first-order valence-corrected chi connectivity index (χ1v) is 7.09. The number of pyridine rings is 1. The first kappa shape index (κ1) is 14.4. The average Bonchev–Trinajstić information content (AvgIpc) is 2.97. The van der Waals surface area contributed by atoms with Crippen molar-refractivity contribution in [1.29, 1.82) is 0 Å². The highest BCUT2D eigenvalue weighted by molar-refractivity contribution is 5.73. The molecule has 2 aromatic heterocycles. The molecule has 1 atom stereocenters. The van der Waals surface area contributed by atoms with Gasteiger partial charge in [0.15, 0.2) is 0 Å². The highest BCUT2D eigenvalue weighted by atomic mass is 19.1. The Bertz CT molecular complexity index is 693. The van der Waals surface area contributed by atoms with Gasteiger partial charge in [0.05, 0.1) is 5.69 Å². The largest absolute Gasteiger partial charge is 0.342 e. The normalized spacial score (nSPS) is 17.5. The Morgan fingerprint density at radius 2 is 2.18 bits per heavy atom. The van der Waals surface area contributed by atoms with Gasteiger partial charge in [0, 0.05) is 44.4 Å². The minimum atomic E-state index is -0.374. The predicted octanol–water partition coefficient (Wildman–Crippen LogP) is 2.09. The maximum absolute atomic E-state index is 13.2. The second-order valence-electron chi connectivity index (χ2n) is 5.24. The van der Waals surface area contributed by atoms with Gasteiger partial charge in [-0.15, -0.1) is 0 Å². The quantitative estimate of drug-likeness (QED) is 0.940. The van der Waals surface area contributed by atoms with Gasteiger partial charge >= 0.3 is 0 Å². The molecule has 1 unspecified atom stereocenters. The maximum atomic E-state index is 13.2. The van der Waals surface area contributed by atoms with E-state index < -0.39 is 0 Å². The number of aromatic nitrogens is 3. The van der Waals surface area contributed by atoms with Gasteiger partial charge in [0.25, 0.3) is 0 Å². The summed E-state index contributed by atoms with van der Waals surface area (Å²) in [6, 6.07) is 4.40. The second kappa shape index (κ2) is 6.05. The van der Waals surface area contributed by atoms with Crippen LogP contribution >= 0.6 is 0 Å². The summed E-state index contributed by atoms with van der Waals surface area (Å²) in [4.78, 5) is 25.8. The van der Waals surface area contributed by atoms with E-state index in [9.17, 15) is 9.18 Å². The van der Waals surface area contributed by atoms with E-state index in [-0.39, 0.29) is 17.6 Å². The molecule has 2 aromatic rings. The van der Waals surface area contributed by atoms with Crippen LogP contribution in [0.4, 0.5) is 16.2 Å². The van der Waals surface area contributed by atoms with Crippen LogP contribution in [0.1, 0.15) is 25.0 Å². The van der Waals surface area contributed by atoms with Crippen LogP contribution in [0.25, 0.3) is 0 Å². The molecule has 0 aromatic carbocycles. The van der Waals surface area contributed by atoms with E-state index in [1.54, 1.807) is 13.1 Å². The molecule has 22 heavy (non-hydrogen) atoms. The Kier molecular flexibility index (Phi) is 3.95. The van der Waals surface area contributed by atoms with E-state index in [1.807, 2.05) is 11.0 Å². The molecule has 0 bridgehead atoms. The Labute approximate surface area is 127 Å². The molecular weight excluding hydrogens is 285 g/mol. The SMILES string of the molecule is CC(=O)N1CCC(c2ccnc(Nc3cc(F)ccn3)n2)C1. The minimum Gasteiger partial charge on any atom is -0.342 e. The van der Waals surface area contributed by atoms with Crippen molar-refractivity contribution in [2.24, 2.45) is 0 Å². The number of anilines is 2. The van der Waals surface area contributed by atoms with Crippen LogP contribution in [-0.2, 0) is 4.79 Å². The van der Waals surface area contributed by atoms with E-state index in [0.29, 0.717) is 18.3 Å². The number of hydrogen-bond acceptors (Lipinski definition) is 5. The highest BCUT2D eigenvalue weighted by Gasteiger charge is 2.26. The van der Waals surface area contributed by atoms with Crippen molar-refractivity contribution in [2.75, 3.05) is 18.4 Å². The molecule has 3 heterocycles. The topological polar surface area (TPSA) is 71.0 Å². The summed E-state index contributed by atoms with van der Waals surface area (Å²) in [5, 5.41) is 2.89. The van der Waals surface area contributed by atoms with E-state index in [0.717, 1.165) is 18.7 Å². The molecular formula is C15H16FN5O. The summed E-state index contributed by atoms with van der Waals surface area (Å²) in [6.07, 6.45) is 3.91. The molecule has 0 spiro atoms. The van der Waals surface area contributed by atoms with Crippen LogP contribution in [0.3, 0.4) is 0 Å². The molecule has 0 saturated carbocycles. The Morgan fingerprint density at radius 1 is 1.36 bits per heavy atom. The molecule has 1 amide bonds. The average molecular weight is 301 g/mol. The van der Waals surface area contributed by atoms with Crippen LogP contribution in [0.15, 0.2) is 30.6 Å². The Hall–Kier alpha value is -2.57. The van der Waals surface area contributed by atoms with Crippen molar-refractivity contribution in [3.8, 4) is 0 Å². The monoisotopic (exact) mass is 301 g/mol. The lowest BCUT2D eigenvalue weighted by Crippen LogP contribution is -2.25. The van der Waals surface area contributed by atoms with Gasteiger partial charge in [-0.3, -0.25) is 4.79 Å². The number of carbonyl (C=O) groups excluding carboxylic acids is 1. The van der Waals surface area contributed by atoms with Gasteiger partial charge in [0.1, 0.15) is 11.6 Å². The van der Waals surface area contributed by atoms with E-state index >= 15 is 0 Å². The zero-order valence-electron chi connectivity index (χ0n) is 12.2. The smallest absolute Gasteiger partial charge is 0.228 e. The third-order valence-electron chi connectivity index (χ3n) is 3.69. The number of amides is 1. The number of halogens is 1. The van der Waals surface area contributed by atoms with Crippen LogP contribution in [0, 0.1) is 5.82 Å². The van der Waals surface area contributed by atoms with Crippen molar-refractivity contribution < 1.29 is 9.18 Å². The Morgan fingerprint density at radius 3 is 2.91 bits per heavy atom. The van der Waals surface area contributed by atoms with Crippen molar-refractivity contribution in [2.45, 2.75) is 19.3 Å². The molecule has 1 N–H and O–H groups in total. The molecule has 0 radical (unpaired) electrons. The number of nitrogens with one attached hydrogen (secondary N) is 1. The molecule has 7 heteroatoms. The molecule has 114 valence electrons. The number of carbonyl (C=O) groups is 1. The molecule has 1 aliphatic heterocycles. The lowest BCUT2D eigenvalue weighted by molar-refractivity contribution is -0.127. The van der Waals surface area contributed by atoms with Crippen molar-refractivity contribution in [3.63, 3.8) is 0 Å². The van der Waals surface area contributed by atoms with Gasteiger partial charge in [0.2, 0.25) is 11.9 Å². The molecule has 6 nitrogen and oxygen atoms in total. The first-order chi connectivity index (χ1) is 10.6. The fourth-order valence-electron chi connectivity index (χ4n) is 2.54. The van der Waals surface area contributed by atoms with Gasteiger partial charge < -0.3 is 10.2 Å². The molecule has 3 rings (SSSR count). The zero-order chi connectivity index (χ0) is 15.5. The summed E-state index contributed by atoms with van der Waals surface area (Å²) in [5.41, 5.74) is 0.873. The van der Waals surface area contributed by atoms with Crippen molar-refractivity contribution >= 4 is 17.7 Å². The maximum Gasteiger partial charge on any atom is 0.228 e. The summed E-state index contributed by atoms with van der Waals surface area (Å²) in [5.74, 6) is 0.638. The van der Waals surface area contributed by atoms with Crippen molar-refractivity contribution in [3.05, 3.63) is 42.1 Å². The first-order valence-electron chi connectivity index (χ1n) is 7.09. The minimum absolute atomic E-state index is 0.0823. The van der Waals surface area contributed by atoms with E-state index in [4.69, 9.17) is 0 Å². The standard InChI is InChI=1S/C15H16FN5O/c1-10(22)21-7-4-11(9-21)13-3-6-18-15(19-13)20-14-8-12(16)2-5-17-14/h2-3,5-6,8,11H,4,7,9H2,1H3,(H,17,18,19,20). The predicted molar refractivity (Wildman–Crippen MR) is 79.1 cm³/mol. The number of likely N-dealkylation sites (tertiary alicyclic amines) is 1. The highest BCUT2D eigenvalue weighted by Crippen LogP contribution is 2.26. The summed E-state index contributed by atoms with van der Waals surface area (Å²) in [7, 11) is 0. The third kappa shape index (κ3) is 3.19. The zero-order valence-corrected chi connectivity index (χ0v) is 12.2. The lowest BCUT2D eigenvalue weighted by atomic mass is 10.1. The number of nitrogens with zero attached hydrogens (tertiary/aromatic N) is 4. The number of rotatable bonds is 3. The Balaban J connectivity index is 1.74. The molecule has 1 saturated heterocycles. The van der Waals surface area contributed by atoms with Crippen LogP contribution in [-0.4, -0.2) is 38.8 Å². The number of hydrogen-bond donors (Lipinski definition) is 1. The lowest BCUT2D eigenvalue weighted by Gasteiger charge is -2.14. The third-order valence-corrected chi connectivity index (χ3v) is 3.69. The van der Waals surface area contributed by atoms with Gasteiger partial charge in [-0.05, 0) is 18.6 Å². The molecule has 1 aliphatic rings. The molecule has 0 aliphatic carbocycles. The van der Waals surface area contributed by atoms with Gasteiger partial charge in [-0.1, -0.05) is 0 Å².